The number of hydrogen-bond donors (Lipinski definition) is 2. The van der Waals surface area contributed by atoms with Crippen LogP contribution < -0.4 is 10.6 Å². The summed E-state index contributed by atoms with van der Waals surface area (Å²) >= 11 is 0. The Morgan fingerprint density at radius 1 is 1.44 bits per heavy atom. The Morgan fingerprint density at radius 2 is 2.06 bits per heavy atom. The SMILES string of the molecule is CCN(c1ccc(C)cc1C(=N)N)C(C)C. The molecule has 1 aromatic rings. The molecule has 3 nitrogen and oxygen atoms in total. The summed E-state index contributed by atoms with van der Waals surface area (Å²) in [6, 6.07) is 6.50. The smallest absolute Gasteiger partial charge is 0.124 e. The second-order valence-electron chi connectivity index (χ2n) is 4.31. The summed E-state index contributed by atoms with van der Waals surface area (Å²) in [6.07, 6.45) is 0. The molecule has 0 aliphatic heterocycles. The van der Waals surface area contributed by atoms with Gasteiger partial charge >= 0.3 is 0 Å². The van der Waals surface area contributed by atoms with E-state index in [1.807, 2.05) is 13.0 Å². The van der Waals surface area contributed by atoms with Gasteiger partial charge in [0.15, 0.2) is 0 Å². The molecule has 0 saturated heterocycles. The van der Waals surface area contributed by atoms with Gasteiger partial charge in [0.25, 0.3) is 0 Å². The average molecular weight is 219 g/mol. The number of rotatable bonds is 4. The zero-order valence-electron chi connectivity index (χ0n) is 10.5. The molecular weight excluding hydrogens is 198 g/mol. The minimum atomic E-state index is 0.137. The van der Waals surface area contributed by atoms with E-state index in [1.54, 1.807) is 0 Å². The van der Waals surface area contributed by atoms with Crippen molar-refractivity contribution in [1.29, 1.82) is 5.41 Å². The highest BCUT2D eigenvalue weighted by Crippen LogP contribution is 2.23. The highest BCUT2D eigenvalue weighted by Gasteiger charge is 2.14. The Hall–Kier alpha value is -1.51. The first-order valence-electron chi connectivity index (χ1n) is 5.69. The largest absolute Gasteiger partial charge is 0.384 e. The summed E-state index contributed by atoms with van der Waals surface area (Å²) in [5, 5.41) is 7.63. The van der Waals surface area contributed by atoms with Crippen molar-refractivity contribution in [2.24, 2.45) is 5.73 Å². The van der Waals surface area contributed by atoms with Crippen molar-refractivity contribution in [1.82, 2.24) is 0 Å². The molecule has 0 atom stereocenters. The summed E-state index contributed by atoms with van der Waals surface area (Å²) in [6.45, 7) is 9.34. The molecule has 0 heterocycles. The molecule has 0 radical (unpaired) electrons. The van der Waals surface area contributed by atoms with E-state index in [0.717, 1.165) is 23.4 Å². The van der Waals surface area contributed by atoms with Gasteiger partial charge in [-0.3, -0.25) is 5.41 Å². The van der Waals surface area contributed by atoms with E-state index < -0.39 is 0 Å². The van der Waals surface area contributed by atoms with Crippen molar-refractivity contribution in [2.75, 3.05) is 11.4 Å². The van der Waals surface area contributed by atoms with Gasteiger partial charge in [-0.2, -0.15) is 0 Å². The normalized spacial score (nSPS) is 10.6. The summed E-state index contributed by atoms with van der Waals surface area (Å²) in [7, 11) is 0. The Labute approximate surface area is 97.8 Å². The molecule has 88 valence electrons. The molecule has 16 heavy (non-hydrogen) atoms. The third kappa shape index (κ3) is 2.54. The van der Waals surface area contributed by atoms with Crippen molar-refractivity contribution in [2.45, 2.75) is 33.7 Å². The minimum Gasteiger partial charge on any atom is -0.384 e. The van der Waals surface area contributed by atoms with Crippen LogP contribution in [0.5, 0.6) is 0 Å². The lowest BCUT2D eigenvalue weighted by Crippen LogP contribution is -2.32. The number of nitrogens with one attached hydrogen (secondary N) is 1. The van der Waals surface area contributed by atoms with Gasteiger partial charge in [0.05, 0.1) is 0 Å². The number of nitrogen functional groups attached to an aromatic ring is 1. The number of nitrogens with two attached hydrogens (primary N) is 1. The first-order chi connectivity index (χ1) is 7.47. The topological polar surface area (TPSA) is 53.1 Å². The van der Waals surface area contributed by atoms with Crippen LogP contribution in [0.15, 0.2) is 18.2 Å². The summed E-state index contributed by atoms with van der Waals surface area (Å²) in [5.41, 5.74) is 8.65. The predicted molar refractivity (Wildman–Crippen MR) is 70.4 cm³/mol. The quantitative estimate of drug-likeness (QED) is 0.604. The second kappa shape index (κ2) is 5.01. The number of anilines is 1. The lowest BCUT2D eigenvalue weighted by Gasteiger charge is -2.29. The molecule has 0 aromatic heterocycles. The van der Waals surface area contributed by atoms with Gasteiger partial charge < -0.3 is 10.6 Å². The fourth-order valence-corrected chi connectivity index (χ4v) is 1.93. The van der Waals surface area contributed by atoms with Gasteiger partial charge in [0, 0.05) is 23.8 Å². The zero-order chi connectivity index (χ0) is 12.3. The molecule has 3 heteroatoms. The third-order valence-electron chi connectivity index (χ3n) is 2.72. The minimum absolute atomic E-state index is 0.137. The molecular formula is C13H21N3. The van der Waals surface area contributed by atoms with Crippen LogP contribution in [0, 0.1) is 12.3 Å². The van der Waals surface area contributed by atoms with E-state index in [1.165, 1.54) is 0 Å². The second-order valence-corrected chi connectivity index (χ2v) is 4.31. The van der Waals surface area contributed by atoms with Crippen LogP contribution in [-0.2, 0) is 0 Å². The van der Waals surface area contributed by atoms with Crippen LogP contribution in [0.4, 0.5) is 5.69 Å². The van der Waals surface area contributed by atoms with Crippen LogP contribution in [0.2, 0.25) is 0 Å². The lowest BCUT2D eigenvalue weighted by atomic mass is 10.1. The molecule has 0 bridgehead atoms. The van der Waals surface area contributed by atoms with Crippen LogP contribution in [-0.4, -0.2) is 18.4 Å². The highest BCUT2D eigenvalue weighted by molar-refractivity contribution is 6.00. The van der Waals surface area contributed by atoms with E-state index in [2.05, 4.69) is 37.8 Å². The monoisotopic (exact) mass is 219 g/mol. The van der Waals surface area contributed by atoms with Gasteiger partial charge in [-0.25, -0.2) is 0 Å². The van der Waals surface area contributed by atoms with Crippen molar-refractivity contribution in [3.05, 3.63) is 29.3 Å². The van der Waals surface area contributed by atoms with Crippen molar-refractivity contribution >= 4 is 11.5 Å². The van der Waals surface area contributed by atoms with Crippen LogP contribution in [0.25, 0.3) is 0 Å². The maximum atomic E-state index is 7.63. The number of benzene rings is 1. The Morgan fingerprint density at radius 3 is 2.50 bits per heavy atom. The van der Waals surface area contributed by atoms with Crippen molar-refractivity contribution in [3.63, 3.8) is 0 Å². The first-order valence-corrected chi connectivity index (χ1v) is 5.69. The third-order valence-corrected chi connectivity index (χ3v) is 2.72. The van der Waals surface area contributed by atoms with Crippen LogP contribution >= 0.6 is 0 Å². The molecule has 0 fully saturated rings. The Bertz CT molecular complexity index is 383. The standard InChI is InChI=1S/C13H21N3/c1-5-16(9(2)3)12-7-6-10(4)8-11(12)13(14)15/h6-9H,5H2,1-4H3,(H3,14,15). The van der Waals surface area contributed by atoms with Gasteiger partial charge in [0.1, 0.15) is 5.84 Å². The van der Waals surface area contributed by atoms with Gasteiger partial charge in [-0.05, 0) is 39.8 Å². The molecule has 0 saturated carbocycles. The fourth-order valence-electron chi connectivity index (χ4n) is 1.93. The van der Waals surface area contributed by atoms with E-state index >= 15 is 0 Å². The Balaban J connectivity index is 3.26. The number of hydrogen-bond acceptors (Lipinski definition) is 2. The van der Waals surface area contributed by atoms with Crippen molar-refractivity contribution in [3.8, 4) is 0 Å². The van der Waals surface area contributed by atoms with Gasteiger partial charge in [-0.1, -0.05) is 11.6 Å². The summed E-state index contributed by atoms with van der Waals surface area (Å²) < 4.78 is 0. The maximum Gasteiger partial charge on any atom is 0.124 e. The van der Waals surface area contributed by atoms with E-state index in [9.17, 15) is 0 Å². The van der Waals surface area contributed by atoms with Crippen molar-refractivity contribution < 1.29 is 0 Å². The first kappa shape index (κ1) is 12.6. The number of aryl methyl sites for hydroxylation is 1. The molecule has 0 spiro atoms. The molecule has 1 rings (SSSR count). The molecule has 0 unspecified atom stereocenters. The number of nitrogens with zero attached hydrogens (tertiary/aromatic N) is 1. The zero-order valence-corrected chi connectivity index (χ0v) is 10.5. The van der Waals surface area contributed by atoms with Gasteiger partial charge in [-0.15, -0.1) is 0 Å². The predicted octanol–water partition coefficient (Wildman–Crippen LogP) is 2.51. The summed E-state index contributed by atoms with van der Waals surface area (Å²) in [4.78, 5) is 2.25. The molecule has 1 aromatic carbocycles. The molecule has 0 aliphatic carbocycles. The summed E-state index contributed by atoms with van der Waals surface area (Å²) in [5.74, 6) is 0.137. The van der Waals surface area contributed by atoms with E-state index in [-0.39, 0.29) is 5.84 Å². The van der Waals surface area contributed by atoms with Crippen LogP contribution in [0.3, 0.4) is 0 Å². The van der Waals surface area contributed by atoms with E-state index in [4.69, 9.17) is 11.1 Å². The van der Waals surface area contributed by atoms with Gasteiger partial charge in [0.2, 0.25) is 0 Å². The molecule has 0 aliphatic rings. The fraction of sp³-hybridized carbons (Fsp3) is 0.462. The molecule has 3 N–H and O–H groups in total. The lowest BCUT2D eigenvalue weighted by molar-refractivity contribution is 0.703. The van der Waals surface area contributed by atoms with E-state index in [0.29, 0.717) is 6.04 Å². The Kier molecular flexibility index (Phi) is 3.93. The average Bonchev–Trinajstić information content (AvgIpc) is 2.20. The maximum absolute atomic E-state index is 7.63. The van der Waals surface area contributed by atoms with Crippen LogP contribution in [0.1, 0.15) is 31.9 Å². The number of amidine groups is 1. The highest BCUT2D eigenvalue weighted by atomic mass is 15.1. The molecule has 0 amide bonds.